The maximum Gasteiger partial charge on any atom is 0.329 e. The minimum Gasteiger partial charge on any atom is -0.376 e. The molecule has 336 valence electrons. The molecule has 3 heterocycles. The van der Waals surface area contributed by atoms with Gasteiger partial charge in [-0.15, -0.1) is 0 Å². The molecular weight excluding hydrogens is 832 g/mol. The fourth-order valence-electron chi connectivity index (χ4n) is 11.5. The molecule has 10 aromatic carbocycles. The average molecular weight is 891 g/mol. The third kappa shape index (κ3) is 8.92. The Morgan fingerprint density at radius 1 is 0.377 bits per heavy atom. The van der Waals surface area contributed by atoms with Crippen LogP contribution in [0.1, 0.15) is 58.1 Å². The summed E-state index contributed by atoms with van der Waals surface area (Å²) in [6, 6.07) is 83.5. The second-order valence-corrected chi connectivity index (χ2v) is 20.3. The zero-order valence-electron chi connectivity index (χ0n) is 40.3. The summed E-state index contributed by atoms with van der Waals surface area (Å²) >= 11 is 0. The van der Waals surface area contributed by atoms with Crippen LogP contribution in [-0.2, 0) is 6.42 Å². The van der Waals surface area contributed by atoms with Crippen LogP contribution >= 0.6 is 0 Å². The number of anilines is 2. The molecule has 0 unspecified atom stereocenters. The Hall–Kier alpha value is -7.46. The van der Waals surface area contributed by atoms with E-state index in [1.165, 1.54) is 119 Å². The fraction of sp³-hybridized carbons (Fsp3) is 0.152. The normalized spacial score (nSPS) is 14.7. The SMILES string of the molecule is CC1(C)CCCC(C)(C)N1.c1ccc(-c2ccccc2Cc2ccccc2-c2ccc3ccccc3c2)cc1.c1ccc2c(c1)B1c3cc4ccccc4cc3-c3ccccc3N1c1ccccc1-2. The van der Waals surface area contributed by atoms with Crippen LogP contribution in [0.15, 0.2) is 231 Å². The monoisotopic (exact) mass is 890 g/mol. The molecule has 10 aromatic rings. The summed E-state index contributed by atoms with van der Waals surface area (Å²) in [7, 11) is 0. The molecule has 69 heavy (non-hydrogen) atoms. The van der Waals surface area contributed by atoms with Crippen molar-refractivity contribution in [3.05, 3.63) is 242 Å². The highest BCUT2D eigenvalue weighted by Gasteiger charge is 2.42. The summed E-state index contributed by atoms with van der Waals surface area (Å²) in [5.41, 5.74) is 19.2. The highest BCUT2D eigenvalue weighted by molar-refractivity contribution is 6.92. The van der Waals surface area contributed by atoms with Crippen LogP contribution in [-0.4, -0.2) is 17.9 Å². The van der Waals surface area contributed by atoms with Gasteiger partial charge in [-0.1, -0.05) is 206 Å². The minimum atomic E-state index is 0.172. The Morgan fingerprint density at radius 3 is 1.45 bits per heavy atom. The Kier molecular flexibility index (Phi) is 11.9. The van der Waals surface area contributed by atoms with E-state index in [-0.39, 0.29) is 6.85 Å². The first kappa shape index (κ1) is 44.1. The quantitative estimate of drug-likeness (QED) is 0.177. The molecule has 0 amide bonds. The Morgan fingerprint density at radius 2 is 0.841 bits per heavy atom. The second kappa shape index (κ2) is 18.6. The molecule has 3 aliphatic rings. The molecule has 1 N–H and O–H groups in total. The summed E-state index contributed by atoms with van der Waals surface area (Å²) in [6.07, 6.45) is 4.91. The van der Waals surface area contributed by atoms with Gasteiger partial charge >= 0.3 is 6.85 Å². The molecule has 0 aromatic heterocycles. The molecule has 0 aliphatic carbocycles. The number of fused-ring (bicyclic) bond motifs is 13. The van der Waals surface area contributed by atoms with E-state index >= 15 is 0 Å². The topological polar surface area (TPSA) is 15.3 Å². The number of nitrogens with one attached hydrogen (secondary N) is 1. The number of benzene rings is 10. The minimum absolute atomic E-state index is 0.172. The molecule has 2 nitrogen and oxygen atoms in total. The fourth-order valence-corrected chi connectivity index (χ4v) is 11.5. The number of para-hydroxylation sites is 2. The Balaban J connectivity index is 0.000000126. The van der Waals surface area contributed by atoms with Crippen molar-refractivity contribution in [3.63, 3.8) is 0 Å². The van der Waals surface area contributed by atoms with Gasteiger partial charge in [0.25, 0.3) is 0 Å². The van der Waals surface area contributed by atoms with Crippen LogP contribution in [0.5, 0.6) is 0 Å². The van der Waals surface area contributed by atoms with E-state index < -0.39 is 0 Å². The molecule has 0 radical (unpaired) electrons. The summed E-state index contributed by atoms with van der Waals surface area (Å²) < 4.78 is 0. The molecule has 1 saturated heterocycles. The van der Waals surface area contributed by atoms with Crippen LogP contribution in [0.3, 0.4) is 0 Å². The number of rotatable bonds is 4. The van der Waals surface area contributed by atoms with Crippen molar-refractivity contribution in [2.75, 3.05) is 4.81 Å². The van der Waals surface area contributed by atoms with E-state index in [1.807, 2.05) is 0 Å². The van der Waals surface area contributed by atoms with Crippen LogP contribution < -0.4 is 21.1 Å². The molecule has 3 heteroatoms. The number of hydrogen-bond donors (Lipinski definition) is 1. The molecule has 13 rings (SSSR count). The Bertz CT molecular complexity index is 3440. The summed E-state index contributed by atoms with van der Waals surface area (Å²) in [6.45, 7) is 9.31. The van der Waals surface area contributed by atoms with Gasteiger partial charge in [0.1, 0.15) is 0 Å². The van der Waals surface area contributed by atoms with Gasteiger partial charge in [-0.3, -0.25) is 0 Å². The molecular formula is C66H59BN2. The van der Waals surface area contributed by atoms with Crippen molar-refractivity contribution in [1.29, 1.82) is 0 Å². The van der Waals surface area contributed by atoms with Crippen LogP contribution in [0, 0.1) is 0 Å². The molecule has 1 fully saturated rings. The van der Waals surface area contributed by atoms with Gasteiger partial charge in [-0.2, -0.15) is 0 Å². The lowest BCUT2D eigenvalue weighted by molar-refractivity contribution is 0.183. The molecule has 0 saturated carbocycles. The van der Waals surface area contributed by atoms with E-state index in [2.05, 4.69) is 268 Å². The number of hydrogen-bond acceptors (Lipinski definition) is 2. The average Bonchev–Trinajstić information content (AvgIpc) is 3.38. The zero-order valence-corrected chi connectivity index (χ0v) is 40.3. The predicted molar refractivity (Wildman–Crippen MR) is 298 cm³/mol. The highest BCUT2D eigenvalue weighted by Crippen LogP contribution is 2.46. The van der Waals surface area contributed by atoms with Crippen molar-refractivity contribution in [2.45, 2.75) is 64.5 Å². The predicted octanol–water partition coefficient (Wildman–Crippen LogP) is 15.8. The van der Waals surface area contributed by atoms with Gasteiger partial charge in [0.2, 0.25) is 0 Å². The molecule has 0 spiro atoms. The number of piperidine rings is 1. The van der Waals surface area contributed by atoms with Gasteiger partial charge in [-0.05, 0) is 155 Å². The molecule has 0 bridgehead atoms. The first-order valence-electron chi connectivity index (χ1n) is 24.8. The van der Waals surface area contributed by atoms with E-state index in [1.54, 1.807) is 0 Å². The summed E-state index contributed by atoms with van der Waals surface area (Å²) in [5, 5.41) is 8.79. The smallest absolute Gasteiger partial charge is 0.329 e. The van der Waals surface area contributed by atoms with Crippen molar-refractivity contribution in [1.82, 2.24) is 5.32 Å². The van der Waals surface area contributed by atoms with Crippen molar-refractivity contribution in [3.8, 4) is 44.5 Å². The van der Waals surface area contributed by atoms with E-state index in [9.17, 15) is 0 Å². The van der Waals surface area contributed by atoms with Gasteiger partial charge in [0, 0.05) is 33.6 Å². The van der Waals surface area contributed by atoms with Crippen molar-refractivity contribution < 1.29 is 0 Å². The molecule has 0 atom stereocenters. The summed E-state index contributed by atoms with van der Waals surface area (Å²) in [4.78, 5) is 2.55. The van der Waals surface area contributed by atoms with Gasteiger partial charge in [0.15, 0.2) is 0 Å². The van der Waals surface area contributed by atoms with Gasteiger partial charge in [-0.25, -0.2) is 0 Å². The molecule has 3 aliphatic heterocycles. The van der Waals surface area contributed by atoms with E-state index in [0.717, 1.165) is 6.42 Å². The lowest BCUT2D eigenvalue weighted by atomic mass is 9.43. The van der Waals surface area contributed by atoms with Crippen molar-refractivity contribution >= 4 is 50.7 Å². The Labute approximate surface area is 409 Å². The highest BCUT2D eigenvalue weighted by atomic mass is 15.1. The third-order valence-corrected chi connectivity index (χ3v) is 14.5. The summed E-state index contributed by atoms with van der Waals surface area (Å²) in [5.74, 6) is 0. The first-order valence-corrected chi connectivity index (χ1v) is 24.8. The maximum atomic E-state index is 3.63. The lowest BCUT2D eigenvalue weighted by Gasteiger charge is -2.43. The third-order valence-electron chi connectivity index (χ3n) is 14.5. The van der Waals surface area contributed by atoms with E-state index in [4.69, 9.17) is 0 Å². The second-order valence-electron chi connectivity index (χ2n) is 20.3. The van der Waals surface area contributed by atoms with Crippen LogP contribution in [0.2, 0.25) is 0 Å². The van der Waals surface area contributed by atoms with Gasteiger partial charge in [0.05, 0.1) is 0 Å². The van der Waals surface area contributed by atoms with E-state index in [0.29, 0.717) is 11.1 Å². The first-order chi connectivity index (χ1) is 33.7. The largest absolute Gasteiger partial charge is 0.376 e. The number of nitrogens with zero attached hydrogens (tertiary/aromatic N) is 1. The van der Waals surface area contributed by atoms with Crippen LogP contribution in [0.25, 0.3) is 66.1 Å². The maximum absolute atomic E-state index is 3.63. The lowest BCUT2D eigenvalue weighted by Crippen LogP contribution is -2.59. The standard InChI is InChI=1S/C29H22.C28H18BN.C9H19N/c1-2-11-23(12-3-1)28-16-8-6-14-25(28)21-26-15-7-9-17-29(26)27-19-18-22-10-4-5-13-24(22)20-27;1-2-10-20-18-26-24(17-19(20)9-1)23-13-5-8-16-28(23)30-27-15-7-4-12-22(27)21-11-3-6-14-25(21)29(26)30;1-8(2)6-5-7-9(3,4)10-8/h1-20H,21H2;1-18H;10H,5-7H2,1-4H3. The zero-order chi connectivity index (χ0) is 47.0. The van der Waals surface area contributed by atoms with Crippen molar-refractivity contribution in [2.24, 2.45) is 0 Å². The van der Waals surface area contributed by atoms with Gasteiger partial charge < -0.3 is 10.1 Å². The van der Waals surface area contributed by atoms with Crippen LogP contribution in [0.4, 0.5) is 11.4 Å².